The van der Waals surface area contributed by atoms with Gasteiger partial charge in [0, 0.05) is 42.8 Å². The van der Waals surface area contributed by atoms with E-state index < -0.39 is 0 Å². The molecular formula is C20H25N3O. The van der Waals surface area contributed by atoms with E-state index in [0.717, 1.165) is 60.5 Å². The number of hydrogen-bond donors (Lipinski definition) is 1. The van der Waals surface area contributed by atoms with Gasteiger partial charge in [-0.3, -0.25) is 4.79 Å². The molecule has 0 bridgehead atoms. The Morgan fingerprint density at radius 3 is 2.67 bits per heavy atom. The summed E-state index contributed by atoms with van der Waals surface area (Å²) in [5, 5.41) is 0. The van der Waals surface area contributed by atoms with Crippen LogP contribution in [0.15, 0.2) is 42.5 Å². The summed E-state index contributed by atoms with van der Waals surface area (Å²) in [4.78, 5) is 17.0. The molecule has 4 nitrogen and oxygen atoms in total. The second-order valence-electron chi connectivity index (χ2n) is 6.37. The summed E-state index contributed by atoms with van der Waals surface area (Å²) in [6.07, 6.45) is 2.99. The first-order valence-electron chi connectivity index (χ1n) is 8.62. The Labute approximate surface area is 143 Å². The zero-order chi connectivity index (χ0) is 17.1. The summed E-state index contributed by atoms with van der Waals surface area (Å²) < 4.78 is 0. The van der Waals surface area contributed by atoms with Crippen LogP contribution in [0.4, 0.5) is 17.1 Å². The standard InChI is InChI=1S/C20H25N3O/c1-3-13-22(2)16-11-9-15(10-12-16)20(24)23-14-5-6-17-18(21)7-4-8-19(17)23/h4,7-12H,3,5-6,13-14,21H2,1-2H3. The maximum atomic E-state index is 13.0. The van der Waals surface area contributed by atoms with E-state index >= 15 is 0 Å². The van der Waals surface area contributed by atoms with E-state index in [0.29, 0.717) is 0 Å². The van der Waals surface area contributed by atoms with Crippen LogP contribution < -0.4 is 15.5 Å². The molecule has 2 aromatic carbocycles. The third-order valence-electron chi connectivity index (χ3n) is 4.65. The zero-order valence-corrected chi connectivity index (χ0v) is 14.5. The second kappa shape index (κ2) is 6.95. The summed E-state index contributed by atoms with van der Waals surface area (Å²) >= 11 is 0. The number of anilines is 3. The fourth-order valence-corrected chi connectivity index (χ4v) is 3.34. The number of amides is 1. The highest BCUT2D eigenvalue weighted by molar-refractivity contribution is 6.07. The van der Waals surface area contributed by atoms with Gasteiger partial charge in [0.15, 0.2) is 0 Å². The molecule has 0 saturated carbocycles. The number of fused-ring (bicyclic) bond motifs is 1. The molecule has 3 rings (SSSR count). The van der Waals surface area contributed by atoms with Crippen LogP contribution in [-0.2, 0) is 6.42 Å². The summed E-state index contributed by atoms with van der Waals surface area (Å²) in [7, 11) is 2.07. The van der Waals surface area contributed by atoms with Crippen LogP contribution in [0.1, 0.15) is 35.7 Å². The predicted octanol–water partition coefficient (Wildman–Crippen LogP) is 3.71. The molecule has 2 aromatic rings. The van der Waals surface area contributed by atoms with Crippen molar-refractivity contribution >= 4 is 23.0 Å². The number of carbonyl (C=O) groups excluding carboxylic acids is 1. The van der Waals surface area contributed by atoms with Crippen LogP contribution in [0.2, 0.25) is 0 Å². The summed E-state index contributed by atoms with van der Waals surface area (Å²) in [6.45, 7) is 3.91. The molecule has 1 aliphatic heterocycles. The fraction of sp³-hybridized carbons (Fsp3) is 0.350. The first-order chi connectivity index (χ1) is 11.6. The van der Waals surface area contributed by atoms with Gasteiger partial charge in [-0.1, -0.05) is 13.0 Å². The summed E-state index contributed by atoms with van der Waals surface area (Å²) in [6, 6.07) is 13.7. The molecular weight excluding hydrogens is 298 g/mol. The first-order valence-corrected chi connectivity index (χ1v) is 8.62. The third kappa shape index (κ3) is 3.09. The van der Waals surface area contributed by atoms with Gasteiger partial charge in [-0.15, -0.1) is 0 Å². The molecule has 0 atom stereocenters. The Hall–Kier alpha value is -2.49. The van der Waals surface area contributed by atoms with Crippen molar-refractivity contribution < 1.29 is 4.79 Å². The van der Waals surface area contributed by atoms with Crippen LogP contribution in [0.25, 0.3) is 0 Å². The lowest BCUT2D eigenvalue weighted by Crippen LogP contribution is -2.35. The molecule has 0 radical (unpaired) electrons. The Balaban J connectivity index is 1.84. The SMILES string of the molecule is CCCN(C)c1ccc(C(=O)N2CCCc3c(N)cccc32)cc1. The third-order valence-corrected chi connectivity index (χ3v) is 4.65. The van der Waals surface area contributed by atoms with E-state index in [1.165, 1.54) is 0 Å². The number of hydrogen-bond acceptors (Lipinski definition) is 3. The first kappa shape index (κ1) is 16.4. The molecule has 0 aliphatic carbocycles. The van der Waals surface area contributed by atoms with E-state index in [-0.39, 0.29) is 5.91 Å². The van der Waals surface area contributed by atoms with Crippen molar-refractivity contribution in [1.29, 1.82) is 0 Å². The van der Waals surface area contributed by atoms with Crippen LogP contribution >= 0.6 is 0 Å². The number of carbonyl (C=O) groups is 1. The van der Waals surface area contributed by atoms with Crippen molar-refractivity contribution in [2.45, 2.75) is 26.2 Å². The topological polar surface area (TPSA) is 49.6 Å². The minimum Gasteiger partial charge on any atom is -0.398 e. The summed E-state index contributed by atoms with van der Waals surface area (Å²) in [5.74, 6) is 0.0474. The number of nitrogens with two attached hydrogens (primary N) is 1. The molecule has 1 heterocycles. The normalized spacial score (nSPS) is 13.5. The molecule has 0 saturated heterocycles. The average Bonchev–Trinajstić information content (AvgIpc) is 2.61. The minimum atomic E-state index is 0.0474. The van der Waals surface area contributed by atoms with Gasteiger partial charge in [0.25, 0.3) is 5.91 Å². The van der Waals surface area contributed by atoms with Gasteiger partial charge in [0.1, 0.15) is 0 Å². The molecule has 0 spiro atoms. The Morgan fingerprint density at radius 1 is 1.21 bits per heavy atom. The Morgan fingerprint density at radius 2 is 1.96 bits per heavy atom. The van der Waals surface area contributed by atoms with E-state index in [1.807, 2.05) is 47.4 Å². The highest BCUT2D eigenvalue weighted by Gasteiger charge is 2.24. The van der Waals surface area contributed by atoms with Gasteiger partial charge in [-0.25, -0.2) is 0 Å². The number of benzene rings is 2. The van der Waals surface area contributed by atoms with Crippen molar-refractivity contribution in [2.24, 2.45) is 0 Å². The van der Waals surface area contributed by atoms with E-state index in [1.54, 1.807) is 0 Å². The second-order valence-corrected chi connectivity index (χ2v) is 6.37. The zero-order valence-electron chi connectivity index (χ0n) is 14.5. The van der Waals surface area contributed by atoms with Gasteiger partial charge in [0.2, 0.25) is 0 Å². The van der Waals surface area contributed by atoms with Crippen molar-refractivity contribution in [3.63, 3.8) is 0 Å². The molecule has 0 fully saturated rings. The van der Waals surface area contributed by atoms with Crippen LogP contribution in [0.3, 0.4) is 0 Å². The lowest BCUT2D eigenvalue weighted by Gasteiger charge is -2.30. The highest BCUT2D eigenvalue weighted by Crippen LogP contribution is 2.32. The van der Waals surface area contributed by atoms with Crippen LogP contribution in [-0.4, -0.2) is 26.0 Å². The van der Waals surface area contributed by atoms with Gasteiger partial charge in [0.05, 0.1) is 0 Å². The lowest BCUT2D eigenvalue weighted by atomic mass is 9.99. The van der Waals surface area contributed by atoms with Gasteiger partial charge in [-0.2, -0.15) is 0 Å². The molecule has 0 aromatic heterocycles. The average molecular weight is 323 g/mol. The Bertz CT molecular complexity index is 724. The number of nitrogens with zero attached hydrogens (tertiary/aromatic N) is 2. The molecule has 24 heavy (non-hydrogen) atoms. The number of rotatable bonds is 4. The smallest absolute Gasteiger partial charge is 0.258 e. The summed E-state index contributed by atoms with van der Waals surface area (Å²) in [5.41, 5.74) is 10.8. The molecule has 126 valence electrons. The van der Waals surface area contributed by atoms with Crippen molar-refractivity contribution in [3.05, 3.63) is 53.6 Å². The quantitative estimate of drug-likeness (QED) is 0.873. The maximum Gasteiger partial charge on any atom is 0.258 e. The largest absolute Gasteiger partial charge is 0.398 e. The molecule has 1 amide bonds. The van der Waals surface area contributed by atoms with Crippen molar-refractivity contribution in [3.8, 4) is 0 Å². The molecule has 4 heteroatoms. The van der Waals surface area contributed by atoms with Crippen molar-refractivity contribution in [2.75, 3.05) is 35.7 Å². The monoisotopic (exact) mass is 323 g/mol. The highest BCUT2D eigenvalue weighted by atomic mass is 16.2. The van der Waals surface area contributed by atoms with Gasteiger partial charge in [-0.05, 0) is 61.2 Å². The van der Waals surface area contributed by atoms with Crippen molar-refractivity contribution in [1.82, 2.24) is 0 Å². The molecule has 2 N–H and O–H groups in total. The van der Waals surface area contributed by atoms with E-state index in [9.17, 15) is 4.79 Å². The van der Waals surface area contributed by atoms with Gasteiger partial charge >= 0.3 is 0 Å². The van der Waals surface area contributed by atoms with E-state index in [2.05, 4.69) is 18.9 Å². The lowest BCUT2D eigenvalue weighted by molar-refractivity contribution is 0.0985. The predicted molar refractivity (Wildman–Crippen MR) is 101 cm³/mol. The van der Waals surface area contributed by atoms with E-state index in [4.69, 9.17) is 5.73 Å². The van der Waals surface area contributed by atoms with Crippen LogP contribution in [0, 0.1) is 0 Å². The molecule has 0 unspecified atom stereocenters. The number of nitrogen functional groups attached to an aromatic ring is 1. The Kier molecular flexibility index (Phi) is 4.74. The minimum absolute atomic E-state index is 0.0474. The fourth-order valence-electron chi connectivity index (χ4n) is 3.34. The molecule has 1 aliphatic rings. The maximum absolute atomic E-state index is 13.0. The van der Waals surface area contributed by atoms with Gasteiger partial charge < -0.3 is 15.5 Å². The van der Waals surface area contributed by atoms with Crippen LogP contribution in [0.5, 0.6) is 0 Å².